The maximum absolute atomic E-state index is 11.1. The number of carboxylic acids is 1. The highest BCUT2D eigenvalue weighted by Gasteiger charge is 2.30. The van der Waals surface area contributed by atoms with Crippen molar-refractivity contribution in [2.75, 3.05) is 13.1 Å². The second-order valence-electron chi connectivity index (χ2n) is 4.86. The molecule has 1 saturated carbocycles. The van der Waals surface area contributed by atoms with Gasteiger partial charge in [0.25, 0.3) is 0 Å². The summed E-state index contributed by atoms with van der Waals surface area (Å²) in [6, 6.07) is -0.858. The second-order valence-corrected chi connectivity index (χ2v) is 4.86. The van der Waals surface area contributed by atoms with Crippen molar-refractivity contribution >= 4 is 17.9 Å². The summed E-state index contributed by atoms with van der Waals surface area (Å²) in [7, 11) is 0. The zero-order valence-corrected chi connectivity index (χ0v) is 10.9. The zero-order valence-electron chi connectivity index (χ0n) is 10.9. The maximum atomic E-state index is 11.1. The Morgan fingerprint density at radius 3 is 2.53 bits per heavy atom. The number of hydrogen-bond donors (Lipinski definition) is 4. The lowest BCUT2D eigenvalue weighted by atomic mass is 9.79. The molecule has 2 atom stereocenters. The summed E-state index contributed by atoms with van der Waals surface area (Å²) in [4.78, 5) is 32.6. The summed E-state index contributed by atoms with van der Waals surface area (Å²) in [5.41, 5.74) is 4.81. The van der Waals surface area contributed by atoms with Gasteiger partial charge in [0.15, 0.2) is 0 Å². The molecule has 0 aromatic rings. The van der Waals surface area contributed by atoms with Crippen LogP contribution in [0.25, 0.3) is 0 Å². The van der Waals surface area contributed by atoms with Gasteiger partial charge in [-0.05, 0) is 25.3 Å². The first-order valence-corrected chi connectivity index (χ1v) is 6.53. The topological polar surface area (TPSA) is 122 Å². The van der Waals surface area contributed by atoms with Crippen LogP contribution in [0.1, 0.15) is 32.1 Å². The minimum absolute atomic E-state index is 0.116. The third-order valence-electron chi connectivity index (χ3n) is 3.42. The van der Waals surface area contributed by atoms with Gasteiger partial charge in [0, 0.05) is 13.0 Å². The molecule has 3 amide bonds. The lowest BCUT2D eigenvalue weighted by Crippen LogP contribution is -2.38. The van der Waals surface area contributed by atoms with Crippen LogP contribution in [0.5, 0.6) is 0 Å². The van der Waals surface area contributed by atoms with Crippen LogP contribution in [0.3, 0.4) is 0 Å². The Morgan fingerprint density at radius 1 is 1.21 bits per heavy atom. The van der Waals surface area contributed by atoms with Gasteiger partial charge in [-0.1, -0.05) is 12.8 Å². The number of carbonyl (C=O) groups is 3. The lowest BCUT2D eigenvalue weighted by molar-refractivity contribution is -0.144. The van der Waals surface area contributed by atoms with Gasteiger partial charge in [-0.25, -0.2) is 4.79 Å². The van der Waals surface area contributed by atoms with E-state index in [4.69, 9.17) is 10.8 Å². The molecule has 0 aromatic carbocycles. The Labute approximate surface area is 111 Å². The Morgan fingerprint density at radius 2 is 1.89 bits per heavy atom. The molecule has 0 aromatic heterocycles. The van der Waals surface area contributed by atoms with E-state index in [1.165, 1.54) is 0 Å². The van der Waals surface area contributed by atoms with Crippen molar-refractivity contribution in [2.24, 2.45) is 17.6 Å². The van der Waals surface area contributed by atoms with Gasteiger partial charge in [-0.2, -0.15) is 0 Å². The molecule has 0 saturated heterocycles. The number of nitrogens with two attached hydrogens (primary N) is 1. The quantitative estimate of drug-likeness (QED) is 0.509. The van der Waals surface area contributed by atoms with Gasteiger partial charge in [-0.3, -0.25) is 14.9 Å². The van der Waals surface area contributed by atoms with E-state index >= 15 is 0 Å². The summed E-state index contributed by atoms with van der Waals surface area (Å²) in [6.45, 7) is 0.989. The molecule has 5 N–H and O–H groups in total. The highest BCUT2D eigenvalue weighted by molar-refractivity contribution is 5.93. The van der Waals surface area contributed by atoms with Gasteiger partial charge in [0.1, 0.15) is 0 Å². The van der Waals surface area contributed by atoms with Gasteiger partial charge in [0.05, 0.1) is 5.92 Å². The Balaban J connectivity index is 2.22. The van der Waals surface area contributed by atoms with Gasteiger partial charge in [0.2, 0.25) is 5.91 Å². The number of amides is 3. The first-order chi connectivity index (χ1) is 9.00. The van der Waals surface area contributed by atoms with E-state index in [0.717, 1.165) is 25.7 Å². The molecule has 1 rings (SSSR count). The number of primary amides is 1. The van der Waals surface area contributed by atoms with Crippen LogP contribution < -0.4 is 16.4 Å². The van der Waals surface area contributed by atoms with E-state index in [1.807, 2.05) is 5.32 Å². The van der Waals surface area contributed by atoms with Crippen molar-refractivity contribution in [3.63, 3.8) is 0 Å². The van der Waals surface area contributed by atoms with Crippen molar-refractivity contribution in [2.45, 2.75) is 32.1 Å². The van der Waals surface area contributed by atoms with E-state index in [9.17, 15) is 14.4 Å². The second kappa shape index (κ2) is 7.73. The summed E-state index contributed by atoms with van der Waals surface area (Å²) < 4.78 is 0. The van der Waals surface area contributed by atoms with E-state index in [1.54, 1.807) is 0 Å². The van der Waals surface area contributed by atoms with E-state index in [-0.39, 0.29) is 18.3 Å². The number of aliphatic carboxylic acids is 1. The predicted octanol–water partition coefficient (Wildman–Crippen LogP) is 0.0520. The van der Waals surface area contributed by atoms with Crippen LogP contribution in [-0.2, 0) is 9.59 Å². The van der Waals surface area contributed by atoms with Crippen molar-refractivity contribution < 1.29 is 19.5 Å². The zero-order chi connectivity index (χ0) is 14.3. The van der Waals surface area contributed by atoms with E-state index in [0.29, 0.717) is 13.1 Å². The van der Waals surface area contributed by atoms with Crippen LogP contribution in [0, 0.1) is 11.8 Å². The van der Waals surface area contributed by atoms with Crippen LogP contribution in [0.2, 0.25) is 0 Å². The molecule has 2 unspecified atom stereocenters. The first kappa shape index (κ1) is 15.4. The third kappa shape index (κ3) is 5.69. The molecule has 7 nitrogen and oxygen atoms in total. The summed E-state index contributed by atoms with van der Waals surface area (Å²) >= 11 is 0. The fraction of sp³-hybridized carbons (Fsp3) is 0.750. The number of rotatable bonds is 6. The third-order valence-corrected chi connectivity index (χ3v) is 3.42. The van der Waals surface area contributed by atoms with Crippen molar-refractivity contribution in [3.05, 3.63) is 0 Å². The van der Waals surface area contributed by atoms with Crippen LogP contribution in [0.4, 0.5) is 4.79 Å². The molecule has 108 valence electrons. The Kier molecular flexibility index (Phi) is 6.27. The molecule has 7 heteroatoms. The number of hydrogen-bond acceptors (Lipinski definition) is 4. The number of carboxylic acid groups (broad SMARTS) is 1. The molecule has 0 bridgehead atoms. The average Bonchev–Trinajstić information content (AvgIpc) is 2.34. The standard InChI is InChI=1S/C12H21N3O4/c13-12(19)15-10(16)5-6-14-7-8-3-1-2-4-9(8)11(17)18/h8-9,14H,1-7H2,(H,17,18)(H3,13,15,16,19). The molecule has 19 heavy (non-hydrogen) atoms. The molecule has 0 spiro atoms. The van der Waals surface area contributed by atoms with Crippen molar-refractivity contribution in [1.29, 1.82) is 0 Å². The minimum Gasteiger partial charge on any atom is -0.481 e. The molecular weight excluding hydrogens is 250 g/mol. The fourth-order valence-electron chi connectivity index (χ4n) is 2.47. The number of nitrogens with one attached hydrogen (secondary N) is 2. The SMILES string of the molecule is NC(=O)NC(=O)CCNCC1CCCCC1C(=O)O. The van der Waals surface area contributed by atoms with E-state index < -0.39 is 17.9 Å². The van der Waals surface area contributed by atoms with Gasteiger partial charge >= 0.3 is 12.0 Å². The summed E-state index contributed by atoms with van der Waals surface area (Å²) in [5, 5.41) is 14.2. The highest BCUT2D eigenvalue weighted by atomic mass is 16.4. The van der Waals surface area contributed by atoms with Crippen molar-refractivity contribution in [3.8, 4) is 0 Å². The fourth-order valence-corrected chi connectivity index (χ4v) is 2.47. The maximum Gasteiger partial charge on any atom is 0.318 e. The molecule has 0 radical (unpaired) electrons. The van der Waals surface area contributed by atoms with Crippen molar-refractivity contribution in [1.82, 2.24) is 10.6 Å². The van der Waals surface area contributed by atoms with Crippen LogP contribution in [0.15, 0.2) is 0 Å². The predicted molar refractivity (Wildman–Crippen MR) is 68.3 cm³/mol. The number of urea groups is 1. The largest absolute Gasteiger partial charge is 0.481 e. The Bertz CT molecular complexity index is 346. The average molecular weight is 271 g/mol. The van der Waals surface area contributed by atoms with E-state index in [2.05, 4.69) is 5.32 Å². The molecule has 0 aliphatic heterocycles. The first-order valence-electron chi connectivity index (χ1n) is 6.53. The van der Waals surface area contributed by atoms with Gasteiger partial charge < -0.3 is 16.2 Å². The normalized spacial score (nSPS) is 22.7. The van der Waals surface area contributed by atoms with Crippen LogP contribution >= 0.6 is 0 Å². The minimum atomic E-state index is -0.858. The molecule has 1 fully saturated rings. The number of imide groups is 1. The van der Waals surface area contributed by atoms with Crippen LogP contribution in [-0.4, -0.2) is 36.1 Å². The molecular formula is C12H21N3O4. The number of carbonyl (C=O) groups excluding carboxylic acids is 2. The molecule has 0 heterocycles. The molecule has 1 aliphatic carbocycles. The highest BCUT2D eigenvalue weighted by Crippen LogP contribution is 2.29. The summed E-state index contributed by atoms with van der Waals surface area (Å²) in [6.07, 6.45) is 3.79. The molecule has 1 aliphatic rings. The monoisotopic (exact) mass is 271 g/mol. The smallest absolute Gasteiger partial charge is 0.318 e. The lowest BCUT2D eigenvalue weighted by Gasteiger charge is -2.28. The summed E-state index contributed by atoms with van der Waals surface area (Å²) in [5.74, 6) is -1.34. The Hall–Kier alpha value is -1.63. The van der Waals surface area contributed by atoms with Gasteiger partial charge in [-0.15, -0.1) is 0 Å².